The number of carbonyl (C=O) groups excluding carboxylic acids is 1. The summed E-state index contributed by atoms with van der Waals surface area (Å²) < 4.78 is 35.6. The molecule has 92 valence electrons. The number of thioether (sulfide) groups is 1. The molecule has 0 aromatic rings. The molecule has 1 atom stereocenters. The molecule has 1 unspecified atom stereocenters. The summed E-state index contributed by atoms with van der Waals surface area (Å²) in [6, 6.07) is 0. The van der Waals surface area contributed by atoms with Crippen molar-refractivity contribution in [2.24, 2.45) is 5.92 Å². The second-order valence-corrected chi connectivity index (χ2v) is 5.06. The average molecular weight is 252 g/mol. The Morgan fingerprint density at radius 2 is 2.25 bits per heavy atom. The monoisotopic (exact) mass is 252 g/mol. The fourth-order valence-corrected chi connectivity index (χ4v) is 2.60. The zero-order valence-corrected chi connectivity index (χ0v) is 9.74. The smallest absolute Gasteiger partial charge is 0.303 e. The summed E-state index contributed by atoms with van der Waals surface area (Å²) in [6.07, 6.45) is 0.641. The van der Waals surface area contributed by atoms with Gasteiger partial charge in [0.25, 0.3) is 0 Å². The average Bonchev–Trinajstić information content (AvgIpc) is 2.24. The number of alkyl halides is 3. The first-order chi connectivity index (χ1) is 7.51. The van der Waals surface area contributed by atoms with Crippen molar-refractivity contribution in [1.82, 2.24) is 0 Å². The van der Waals surface area contributed by atoms with Crippen molar-refractivity contribution >= 4 is 18.0 Å². The van der Waals surface area contributed by atoms with Crippen LogP contribution in [0.4, 0.5) is 13.2 Å². The van der Waals surface area contributed by atoms with Gasteiger partial charge in [-0.1, -0.05) is 11.6 Å². The number of aldehydes is 1. The van der Waals surface area contributed by atoms with Crippen LogP contribution in [0.3, 0.4) is 0 Å². The molecule has 0 heterocycles. The first-order valence-electron chi connectivity index (χ1n) is 5.29. The molecule has 1 aliphatic rings. The van der Waals surface area contributed by atoms with Gasteiger partial charge in [-0.15, -0.1) is 0 Å². The molecule has 0 aromatic heterocycles. The fourth-order valence-electron chi connectivity index (χ4n) is 1.55. The lowest BCUT2D eigenvalue weighted by molar-refractivity contribution is -0.129. The number of carbonyl (C=O) groups is 1. The molecule has 0 saturated heterocycles. The van der Waals surface area contributed by atoms with E-state index in [0.29, 0.717) is 5.75 Å². The van der Waals surface area contributed by atoms with Crippen molar-refractivity contribution in [3.05, 3.63) is 11.6 Å². The maximum Gasteiger partial charge on any atom is 0.389 e. The molecule has 0 saturated carbocycles. The Labute approximate surface area is 97.5 Å². The molecule has 0 radical (unpaired) electrons. The maximum atomic E-state index is 11.9. The predicted molar refractivity (Wildman–Crippen MR) is 59.5 cm³/mol. The first-order valence-corrected chi connectivity index (χ1v) is 6.44. The van der Waals surface area contributed by atoms with E-state index < -0.39 is 12.6 Å². The molecule has 0 amide bonds. The molecule has 1 nitrogen and oxygen atoms in total. The Kier molecular flexibility index (Phi) is 5.38. The molecule has 1 aliphatic carbocycles. The van der Waals surface area contributed by atoms with Gasteiger partial charge in [0.15, 0.2) is 0 Å². The Hall–Kier alpha value is -0.450. The molecule has 16 heavy (non-hydrogen) atoms. The van der Waals surface area contributed by atoms with Crippen molar-refractivity contribution in [2.45, 2.75) is 31.9 Å². The van der Waals surface area contributed by atoms with Crippen molar-refractivity contribution in [3.63, 3.8) is 0 Å². The van der Waals surface area contributed by atoms with Gasteiger partial charge in [0.1, 0.15) is 6.29 Å². The zero-order valence-electron chi connectivity index (χ0n) is 8.93. The van der Waals surface area contributed by atoms with Crippen molar-refractivity contribution in [2.75, 3.05) is 11.5 Å². The Morgan fingerprint density at radius 3 is 2.75 bits per heavy atom. The van der Waals surface area contributed by atoms with E-state index in [4.69, 9.17) is 0 Å². The number of hydrogen-bond acceptors (Lipinski definition) is 2. The largest absolute Gasteiger partial charge is 0.389 e. The Morgan fingerprint density at radius 1 is 1.50 bits per heavy atom. The minimum atomic E-state index is -4.05. The van der Waals surface area contributed by atoms with Gasteiger partial charge in [-0.05, 0) is 19.3 Å². The quantitative estimate of drug-likeness (QED) is 0.422. The minimum absolute atomic E-state index is 0.115. The van der Waals surface area contributed by atoms with Crippen LogP contribution in [0.15, 0.2) is 11.6 Å². The number of allylic oxidation sites excluding steroid dienone is 1. The van der Waals surface area contributed by atoms with E-state index in [1.54, 1.807) is 0 Å². The summed E-state index contributed by atoms with van der Waals surface area (Å²) >= 11 is 1.32. The van der Waals surface area contributed by atoms with Crippen molar-refractivity contribution in [3.8, 4) is 0 Å². The van der Waals surface area contributed by atoms with Gasteiger partial charge in [0, 0.05) is 17.4 Å². The van der Waals surface area contributed by atoms with E-state index in [2.05, 4.69) is 0 Å². The molecule has 5 heteroatoms. The van der Waals surface area contributed by atoms with Gasteiger partial charge in [-0.25, -0.2) is 0 Å². The lowest BCUT2D eigenvalue weighted by Crippen LogP contribution is -2.10. The summed E-state index contributed by atoms with van der Waals surface area (Å²) in [6.45, 7) is 0. The van der Waals surface area contributed by atoms with Gasteiger partial charge >= 0.3 is 6.18 Å². The molecule has 0 fully saturated rings. The molecule has 0 aliphatic heterocycles. The summed E-state index contributed by atoms with van der Waals surface area (Å²) in [7, 11) is 0. The second kappa shape index (κ2) is 6.33. The van der Waals surface area contributed by atoms with Crippen LogP contribution in [-0.4, -0.2) is 24.0 Å². The van der Waals surface area contributed by atoms with Gasteiger partial charge in [0.2, 0.25) is 0 Å². The standard InChI is InChI=1S/C11H15F3OS/c12-11(13,14)5-6-16-8-10-3-1-9(7-15)2-4-10/h3,7,9H,1-2,4-6,8H2. The Balaban J connectivity index is 2.15. The van der Waals surface area contributed by atoms with Gasteiger partial charge < -0.3 is 4.79 Å². The lowest BCUT2D eigenvalue weighted by Gasteiger charge is -2.17. The maximum absolute atomic E-state index is 11.9. The van der Waals surface area contributed by atoms with Gasteiger partial charge in [0.05, 0.1) is 6.42 Å². The molecule has 0 bridgehead atoms. The third kappa shape index (κ3) is 5.58. The van der Waals surface area contributed by atoms with Crippen LogP contribution in [0.5, 0.6) is 0 Å². The van der Waals surface area contributed by atoms with Gasteiger partial charge in [-0.2, -0.15) is 24.9 Å². The molecular formula is C11H15F3OS. The third-order valence-corrected chi connectivity index (χ3v) is 3.62. The van der Waals surface area contributed by atoms with Crippen LogP contribution in [0.2, 0.25) is 0 Å². The summed E-state index contributed by atoms with van der Waals surface area (Å²) in [5, 5.41) is 0. The van der Waals surface area contributed by atoms with Crippen LogP contribution < -0.4 is 0 Å². The highest BCUT2D eigenvalue weighted by molar-refractivity contribution is 7.99. The third-order valence-electron chi connectivity index (χ3n) is 2.56. The van der Waals surface area contributed by atoms with E-state index in [1.165, 1.54) is 17.3 Å². The molecule has 1 rings (SSSR count). The van der Waals surface area contributed by atoms with Crippen LogP contribution in [0, 0.1) is 5.92 Å². The van der Waals surface area contributed by atoms with E-state index in [-0.39, 0.29) is 11.7 Å². The van der Waals surface area contributed by atoms with Crippen LogP contribution >= 0.6 is 11.8 Å². The van der Waals surface area contributed by atoms with E-state index >= 15 is 0 Å². The topological polar surface area (TPSA) is 17.1 Å². The molecule has 0 spiro atoms. The summed E-state index contributed by atoms with van der Waals surface area (Å²) in [4.78, 5) is 10.5. The Bertz CT molecular complexity index is 260. The SMILES string of the molecule is O=CC1CC=C(CSCCC(F)(F)F)CC1. The van der Waals surface area contributed by atoms with E-state index in [9.17, 15) is 18.0 Å². The van der Waals surface area contributed by atoms with Crippen LogP contribution in [0.25, 0.3) is 0 Å². The number of hydrogen-bond donors (Lipinski definition) is 0. The highest BCUT2D eigenvalue weighted by Gasteiger charge is 2.26. The van der Waals surface area contributed by atoms with Crippen molar-refractivity contribution in [1.29, 1.82) is 0 Å². The normalized spacial score (nSPS) is 21.7. The second-order valence-electron chi connectivity index (χ2n) is 3.95. The highest BCUT2D eigenvalue weighted by Crippen LogP contribution is 2.27. The van der Waals surface area contributed by atoms with E-state index in [0.717, 1.165) is 25.5 Å². The predicted octanol–water partition coefficient (Wildman–Crippen LogP) is 3.60. The summed E-state index contributed by atoms with van der Waals surface area (Å²) in [5.41, 5.74) is 1.19. The van der Waals surface area contributed by atoms with Crippen LogP contribution in [0.1, 0.15) is 25.7 Å². The zero-order chi connectivity index (χ0) is 12.0. The molecular weight excluding hydrogens is 237 g/mol. The number of rotatable bonds is 5. The molecule has 0 N–H and O–H groups in total. The van der Waals surface area contributed by atoms with Gasteiger partial charge in [-0.3, -0.25) is 0 Å². The van der Waals surface area contributed by atoms with E-state index in [1.807, 2.05) is 6.08 Å². The minimum Gasteiger partial charge on any atom is -0.303 e. The fraction of sp³-hybridized carbons (Fsp3) is 0.727. The van der Waals surface area contributed by atoms with Crippen LogP contribution in [-0.2, 0) is 4.79 Å². The highest BCUT2D eigenvalue weighted by atomic mass is 32.2. The number of halogens is 3. The first kappa shape index (κ1) is 13.6. The summed E-state index contributed by atoms with van der Waals surface area (Å²) in [5.74, 6) is 0.906. The molecule has 0 aromatic carbocycles. The van der Waals surface area contributed by atoms with Crippen molar-refractivity contribution < 1.29 is 18.0 Å². The lowest BCUT2D eigenvalue weighted by atomic mass is 9.91.